The molecule has 0 aliphatic rings. The standard InChI is InChI=1S/C9H17IO/c1-3-4-5-6-7-9(10)8(2)11/h7-8,11H,3-6H2,1-2H3. The fourth-order valence-electron chi connectivity index (χ4n) is 0.805. The van der Waals surface area contributed by atoms with Gasteiger partial charge in [0, 0.05) is 3.58 Å². The van der Waals surface area contributed by atoms with E-state index in [9.17, 15) is 0 Å². The Morgan fingerprint density at radius 3 is 2.64 bits per heavy atom. The highest BCUT2D eigenvalue weighted by molar-refractivity contribution is 14.1. The van der Waals surface area contributed by atoms with E-state index in [-0.39, 0.29) is 6.10 Å². The molecule has 0 amide bonds. The fourth-order valence-corrected chi connectivity index (χ4v) is 1.12. The zero-order valence-electron chi connectivity index (χ0n) is 7.31. The molecule has 1 N–H and O–H groups in total. The molecule has 1 nitrogen and oxygen atoms in total. The predicted octanol–water partition coefficient (Wildman–Crippen LogP) is 3.27. The second-order valence-corrected chi connectivity index (χ2v) is 4.01. The van der Waals surface area contributed by atoms with Crippen LogP contribution < -0.4 is 0 Å². The molecule has 0 aromatic heterocycles. The molecule has 0 fully saturated rings. The first-order valence-electron chi connectivity index (χ1n) is 4.22. The first-order valence-corrected chi connectivity index (χ1v) is 5.30. The van der Waals surface area contributed by atoms with E-state index in [1.165, 1.54) is 19.3 Å². The molecule has 2 heteroatoms. The van der Waals surface area contributed by atoms with Gasteiger partial charge < -0.3 is 5.11 Å². The van der Waals surface area contributed by atoms with Crippen molar-refractivity contribution in [2.75, 3.05) is 0 Å². The van der Waals surface area contributed by atoms with Gasteiger partial charge in [0.1, 0.15) is 0 Å². The maximum Gasteiger partial charge on any atom is 0.0815 e. The van der Waals surface area contributed by atoms with Gasteiger partial charge in [0.05, 0.1) is 6.10 Å². The topological polar surface area (TPSA) is 20.2 Å². The molecule has 0 radical (unpaired) electrons. The van der Waals surface area contributed by atoms with E-state index in [0.717, 1.165) is 10.0 Å². The van der Waals surface area contributed by atoms with Crippen LogP contribution in [-0.2, 0) is 0 Å². The lowest BCUT2D eigenvalue weighted by atomic mass is 10.2. The Morgan fingerprint density at radius 1 is 1.55 bits per heavy atom. The maximum absolute atomic E-state index is 9.10. The summed E-state index contributed by atoms with van der Waals surface area (Å²) in [5.41, 5.74) is 0. The number of unbranched alkanes of at least 4 members (excludes halogenated alkanes) is 3. The number of hydrogen-bond acceptors (Lipinski definition) is 1. The van der Waals surface area contributed by atoms with Crippen molar-refractivity contribution in [1.82, 2.24) is 0 Å². The summed E-state index contributed by atoms with van der Waals surface area (Å²) in [7, 11) is 0. The number of aliphatic hydroxyl groups is 1. The molecule has 1 unspecified atom stereocenters. The molecule has 66 valence electrons. The van der Waals surface area contributed by atoms with Gasteiger partial charge >= 0.3 is 0 Å². The summed E-state index contributed by atoms with van der Waals surface area (Å²) in [4.78, 5) is 0. The lowest BCUT2D eigenvalue weighted by Crippen LogP contribution is -1.97. The number of allylic oxidation sites excluding steroid dienone is 1. The van der Waals surface area contributed by atoms with Crippen LogP contribution in [0.2, 0.25) is 0 Å². The van der Waals surface area contributed by atoms with E-state index in [1.54, 1.807) is 6.92 Å². The molecule has 0 saturated heterocycles. The summed E-state index contributed by atoms with van der Waals surface area (Å²) in [6, 6.07) is 0. The smallest absolute Gasteiger partial charge is 0.0815 e. The summed E-state index contributed by atoms with van der Waals surface area (Å²) in [5.74, 6) is 0. The molecule has 1 atom stereocenters. The van der Waals surface area contributed by atoms with Crippen molar-refractivity contribution in [1.29, 1.82) is 0 Å². The van der Waals surface area contributed by atoms with E-state index < -0.39 is 0 Å². The number of rotatable bonds is 5. The number of halogens is 1. The third kappa shape index (κ3) is 6.81. The van der Waals surface area contributed by atoms with Gasteiger partial charge in [-0.2, -0.15) is 0 Å². The van der Waals surface area contributed by atoms with E-state index in [4.69, 9.17) is 5.11 Å². The Morgan fingerprint density at radius 2 is 2.18 bits per heavy atom. The molecular formula is C9H17IO. The molecule has 0 rings (SSSR count). The van der Waals surface area contributed by atoms with Gasteiger partial charge in [-0.15, -0.1) is 0 Å². The highest BCUT2D eigenvalue weighted by atomic mass is 127. The Kier molecular flexibility index (Phi) is 7.38. The maximum atomic E-state index is 9.10. The van der Waals surface area contributed by atoms with E-state index in [1.807, 2.05) is 0 Å². The summed E-state index contributed by atoms with van der Waals surface area (Å²) in [5, 5.41) is 9.10. The quantitative estimate of drug-likeness (QED) is 0.599. The molecule has 0 aromatic carbocycles. The molecule has 0 aliphatic carbocycles. The summed E-state index contributed by atoms with van der Waals surface area (Å²) >= 11 is 2.19. The zero-order valence-corrected chi connectivity index (χ0v) is 9.47. The van der Waals surface area contributed by atoms with Gasteiger partial charge in [-0.05, 0) is 42.4 Å². The Balaban J connectivity index is 3.40. The second-order valence-electron chi connectivity index (χ2n) is 2.76. The molecule has 0 aliphatic heterocycles. The summed E-state index contributed by atoms with van der Waals surface area (Å²) in [6.45, 7) is 4.00. The Bertz CT molecular complexity index is 119. The van der Waals surface area contributed by atoms with Crippen molar-refractivity contribution < 1.29 is 5.11 Å². The van der Waals surface area contributed by atoms with Crippen molar-refractivity contribution in [2.24, 2.45) is 0 Å². The monoisotopic (exact) mass is 268 g/mol. The van der Waals surface area contributed by atoms with Gasteiger partial charge in [-0.25, -0.2) is 0 Å². The van der Waals surface area contributed by atoms with Gasteiger partial charge in [-0.3, -0.25) is 0 Å². The van der Waals surface area contributed by atoms with Crippen LogP contribution in [0, 0.1) is 0 Å². The van der Waals surface area contributed by atoms with Crippen LogP contribution in [0.15, 0.2) is 9.66 Å². The van der Waals surface area contributed by atoms with Gasteiger partial charge in [0.15, 0.2) is 0 Å². The van der Waals surface area contributed by atoms with Crippen LogP contribution in [0.25, 0.3) is 0 Å². The molecule has 0 bridgehead atoms. The second kappa shape index (κ2) is 7.10. The van der Waals surface area contributed by atoms with Crippen molar-refractivity contribution in [3.63, 3.8) is 0 Å². The van der Waals surface area contributed by atoms with E-state index in [2.05, 4.69) is 35.6 Å². The van der Waals surface area contributed by atoms with Crippen LogP contribution in [-0.4, -0.2) is 11.2 Å². The molecule has 0 aromatic rings. The zero-order chi connectivity index (χ0) is 8.69. The minimum atomic E-state index is -0.280. The number of hydrogen-bond donors (Lipinski definition) is 1. The van der Waals surface area contributed by atoms with Gasteiger partial charge in [0.25, 0.3) is 0 Å². The molecule has 11 heavy (non-hydrogen) atoms. The van der Waals surface area contributed by atoms with Crippen molar-refractivity contribution >= 4 is 22.6 Å². The van der Waals surface area contributed by atoms with Crippen LogP contribution >= 0.6 is 22.6 Å². The minimum absolute atomic E-state index is 0.280. The SMILES string of the molecule is CCCCCC=C(I)C(C)O. The fraction of sp³-hybridized carbons (Fsp3) is 0.778. The van der Waals surface area contributed by atoms with Gasteiger partial charge in [-0.1, -0.05) is 25.8 Å². The average Bonchev–Trinajstić information content (AvgIpc) is 1.97. The van der Waals surface area contributed by atoms with E-state index in [0.29, 0.717) is 0 Å². The molecule has 0 saturated carbocycles. The highest BCUT2D eigenvalue weighted by Crippen LogP contribution is 2.13. The number of aliphatic hydroxyl groups excluding tert-OH is 1. The van der Waals surface area contributed by atoms with Crippen LogP contribution in [0.4, 0.5) is 0 Å². The van der Waals surface area contributed by atoms with Crippen molar-refractivity contribution in [2.45, 2.75) is 45.6 Å². The normalized spacial score (nSPS) is 15.1. The summed E-state index contributed by atoms with van der Waals surface area (Å²) < 4.78 is 1.07. The lowest BCUT2D eigenvalue weighted by Gasteiger charge is -2.01. The first kappa shape index (κ1) is 11.4. The highest BCUT2D eigenvalue weighted by Gasteiger charge is 1.97. The Labute approximate surface area is 83.0 Å². The molecular weight excluding hydrogens is 251 g/mol. The third-order valence-corrected chi connectivity index (χ3v) is 2.89. The summed E-state index contributed by atoms with van der Waals surface area (Å²) in [6.07, 6.45) is 6.75. The average molecular weight is 268 g/mol. The Hall–Kier alpha value is 0.430. The van der Waals surface area contributed by atoms with Crippen LogP contribution in [0.1, 0.15) is 39.5 Å². The lowest BCUT2D eigenvalue weighted by molar-refractivity contribution is 0.242. The van der Waals surface area contributed by atoms with Crippen LogP contribution in [0.3, 0.4) is 0 Å². The van der Waals surface area contributed by atoms with E-state index >= 15 is 0 Å². The largest absolute Gasteiger partial charge is 0.388 e. The first-order chi connectivity index (χ1) is 5.18. The predicted molar refractivity (Wildman–Crippen MR) is 57.9 cm³/mol. The van der Waals surface area contributed by atoms with Crippen molar-refractivity contribution in [3.05, 3.63) is 9.66 Å². The van der Waals surface area contributed by atoms with Crippen molar-refractivity contribution in [3.8, 4) is 0 Å². The third-order valence-electron chi connectivity index (χ3n) is 1.55. The van der Waals surface area contributed by atoms with Gasteiger partial charge in [0.2, 0.25) is 0 Å². The van der Waals surface area contributed by atoms with Crippen LogP contribution in [0.5, 0.6) is 0 Å². The molecule has 0 spiro atoms. The minimum Gasteiger partial charge on any atom is -0.388 e. The molecule has 0 heterocycles.